The van der Waals surface area contributed by atoms with Crippen molar-refractivity contribution in [2.75, 3.05) is 6.61 Å². The minimum Gasteiger partial charge on any atom is -0.490 e. The van der Waals surface area contributed by atoms with E-state index < -0.39 is 0 Å². The molecule has 0 N–H and O–H groups in total. The molecule has 1 fully saturated rings. The third-order valence-electron chi connectivity index (χ3n) is 2.77. The van der Waals surface area contributed by atoms with Crippen LogP contribution in [0, 0.1) is 18.2 Å². The predicted molar refractivity (Wildman–Crippen MR) is 54.0 cm³/mol. The molecular formula is C12H15FO. The maximum absolute atomic E-state index is 13.3. The summed E-state index contributed by atoms with van der Waals surface area (Å²) in [5.74, 6) is 0.123. The first-order valence-corrected chi connectivity index (χ1v) is 4.98. The Hall–Kier alpha value is -1.05. The standard InChI is InChI=1S/C12H15FO/c1-9-3-4-11(10(13)7-9)14-8-12(2)5-6-12/h3-4,7H,5-6,8H2,1-2H3. The summed E-state index contributed by atoms with van der Waals surface area (Å²) in [5, 5.41) is 0. The van der Waals surface area contributed by atoms with Gasteiger partial charge >= 0.3 is 0 Å². The van der Waals surface area contributed by atoms with Crippen LogP contribution in [0.15, 0.2) is 18.2 Å². The van der Waals surface area contributed by atoms with E-state index in [1.165, 1.54) is 18.9 Å². The Balaban J connectivity index is 2.02. The van der Waals surface area contributed by atoms with E-state index >= 15 is 0 Å². The van der Waals surface area contributed by atoms with Crippen LogP contribution >= 0.6 is 0 Å². The van der Waals surface area contributed by atoms with Gasteiger partial charge in [0.1, 0.15) is 0 Å². The first kappa shape index (κ1) is 9.50. The quantitative estimate of drug-likeness (QED) is 0.717. The van der Waals surface area contributed by atoms with Crippen molar-refractivity contribution in [3.8, 4) is 5.75 Å². The molecule has 0 atom stereocenters. The number of benzene rings is 1. The molecule has 1 nitrogen and oxygen atoms in total. The minimum absolute atomic E-state index is 0.255. The summed E-state index contributed by atoms with van der Waals surface area (Å²) in [6, 6.07) is 5.08. The van der Waals surface area contributed by atoms with Crippen LogP contribution in [0.3, 0.4) is 0 Å². The Labute approximate surface area is 83.9 Å². The van der Waals surface area contributed by atoms with E-state index in [-0.39, 0.29) is 5.82 Å². The lowest BCUT2D eigenvalue weighted by Crippen LogP contribution is -2.09. The van der Waals surface area contributed by atoms with Crippen molar-refractivity contribution in [2.45, 2.75) is 26.7 Å². The number of rotatable bonds is 3. The zero-order chi connectivity index (χ0) is 10.2. The maximum Gasteiger partial charge on any atom is 0.165 e. The minimum atomic E-state index is -0.255. The van der Waals surface area contributed by atoms with Gasteiger partial charge in [-0.05, 0) is 37.5 Å². The highest BCUT2D eigenvalue weighted by Crippen LogP contribution is 2.45. The van der Waals surface area contributed by atoms with Gasteiger partial charge in [-0.3, -0.25) is 0 Å². The fourth-order valence-corrected chi connectivity index (χ4v) is 1.33. The van der Waals surface area contributed by atoms with Crippen LogP contribution < -0.4 is 4.74 Å². The van der Waals surface area contributed by atoms with Gasteiger partial charge in [0.05, 0.1) is 6.61 Å². The lowest BCUT2D eigenvalue weighted by Gasteiger charge is -2.11. The Kier molecular flexibility index (Phi) is 2.22. The van der Waals surface area contributed by atoms with Crippen LogP contribution in [-0.4, -0.2) is 6.61 Å². The van der Waals surface area contributed by atoms with Crippen molar-refractivity contribution in [1.29, 1.82) is 0 Å². The lowest BCUT2D eigenvalue weighted by atomic mass is 10.2. The van der Waals surface area contributed by atoms with Crippen molar-refractivity contribution >= 4 is 0 Å². The molecule has 14 heavy (non-hydrogen) atoms. The number of aryl methyl sites for hydroxylation is 1. The molecule has 0 spiro atoms. The van der Waals surface area contributed by atoms with E-state index in [1.54, 1.807) is 6.07 Å². The molecule has 0 aliphatic heterocycles. The van der Waals surface area contributed by atoms with E-state index in [2.05, 4.69) is 6.92 Å². The van der Waals surface area contributed by atoms with Crippen molar-refractivity contribution in [3.05, 3.63) is 29.6 Å². The van der Waals surface area contributed by atoms with Gasteiger partial charge in [-0.15, -0.1) is 0 Å². The largest absolute Gasteiger partial charge is 0.490 e. The molecule has 1 aromatic carbocycles. The summed E-state index contributed by atoms with van der Waals surface area (Å²) >= 11 is 0. The first-order chi connectivity index (χ1) is 6.59. The second-order valence-electron chi connectivity index (χ2n) is 4.53. The summed E-state index contributed by atoms with van der Waals surface area (Å²) in [7, 11) is 0. The summed E-state index contributed by atoms with van der Waals surface area (Å²) < 4.78 is 18.8. The summed E-state index contributed by atoms with van der Waals surface area (Å²) in [4.78, 5) is 0. The second kappa shape index (κ2) is 3.26. The zero-order valence-corrected chi connectivity index (χ0v) is 8.64. The fraction of sp³-hybridized carbons (Fsp3) is 0.500. The SMILES string of the molecule is Cc1ccc(OCC2(C)CC2)c(F)c1. The molecule has 0 unspecified atom stereocenters. The smallest absolute Gasteiger partial charge is 0.165 e. The highest BCUT2D eigenvalue weighted by atomic mass is 19.1. The summed E-state index contributed by atoms with van der Waals surface area (Å²) in [6.07, 6.45) is 2.39. The van der Waals surface area contributed by atoms with E-state index in [0.717, 1.165) is 5.56 Å². The first-order valence-electron chi connectivity index (χ1n) is 4.98. The fourth-order valence-electron chi connectivity index (χ4n) is 1.33. The molecule has 2 rings (SSSR count). The van der Waals surface area contributed by atoms with Crippen molar-refractivity contribution in [2.24, 2.45) is 5.41 Å². The molecule has 0 saturated heterocycles. The average molecular weight is 194 g/mol. The third-order valence-corrected chi connectivity index (χ3v) is 2.77. The topological polar surface area (TPSA) is 9.23 Å². The van der Waals surface area contributed by atoms with Gasteiger partial charge < -0.3 is 4.74 Å². The Morgan fingerprint density at radius 1 is 1.43 bits per heavy atom. The van der Waals surface area contributed by atoms with Crippen molar-refractivity contribution < 1.29 is 9.13 Å². The number of hydrogen-bond donors (Lipinski definition) is 0. The van der Waals surface area contributed by atoms with Crippen LogP contribution in [0.5, 0.6) is 5.75 Å². The van der Waals surface area contributed by atoms with Crippen LogP contribution in [0.2, 0.25) is 0 Å². The van der Waals surface area contributed by atoms with Crippen molar-refractivity contribution in [3.63, 3.8) is 0 Å². The van der Waals surface area contributed by atoms with E-state index in [4.69, 9.17) is 4.74 Å². The van der Waals surface area contributed by atoms with Crippen LogP contribution in [-0.2, 0) is 0 Å². The lowest BCUT2D eigenvalue weighted by molar-refractivity contribution is 0.237. The zero-order valence-electron chi connectivity index (χ0n) is 8.64. The van der Waals surface area contributed by atoms with Gasteiger partial charge in [0, 0.05) is 5.41 Å². The van der Waals surface area contributed by atoms with Gasteiger partial charge in [-0.2, -0.15) is 0 Å². The van der Waals surface area contributed by atoms with Gasteiger partial charge in [0.25, 0.3) is 0 Å². The Morgan fingerprint density at radius 2 is 2.14 bits per heavy atom. The van der Waals surface area contributed by atoms with Crippen LogP contribution in [0.25, 0.3) is 0 Å². The van der Waals surface area contributed by atoms with Gasteiger partial charge in [0.15, 0.2) is 11.6 Å². The number of ether oxygens (including phenoxy) is 1. The summed E-state index contributed by atoms with van der Waals surface area (Å²) in [5.41, 5.74) is 1.23. The van der Waals surface area contributed by atoms with Gasteiger partial charge in [0.2, 0.25) is 0 Å². The molecule has 0 amide bonds. The highest BCUT2D eigenvalue weighted by Gasteiger charge is 2.38. The maximum atomic E-state index is 13.3. The van der Waals surface area contributed by atoms with Crippen molar-refractivity contribution in [1.82, 2.24) is 0 Å². The molecule has 1 saturated carbocycles. The van der Waals surface area contributed by atoms with E-state index in [0.29, 0.717) is 17.8 Å². The molecule has 1 aromatic rings. The number of halogens is 1. The van der Waals surface area contributed by atoms with Gasteiger partial charge in [-0.1, -0.05) is 13.0 Å². The molecule has 1 aliphatic carbocycles. The molecule has 2 heteroatoms. The molecule has 0 heterocycles. The Bertz CT molecular complexity index is 342. The third kappa shape index (κ3) is 2.06. The predicted octanol–water partition coefficient (Wildman–Crippen LogP) is 3.31. The highest BCUT2D eigenvalue weighted by molar-refractivity contribution is 5.28. The number of hydrogen-bond acceptors (Lipinski definition) is 1. The van der Waals surface area contributed by atoms with Crippen LogP contribution in [0.4, 0.5) is 4.39 Å². The normalized spacial score (nSPS) is 17.9. The molecule has 0 radical (unpaired) electrons. The Morgan fingerprint density at radius 3 is 2.71 bits per heavy atom. The molecule has 0 aromatic heterocycles. The molecule has 0 bridgehead atoms. The van der Waals surface area contributed by atoms with E-state index in [9.17, 15) is 4.39 Å². The molecular weight excluding hydrogens is 179 g/mol. The van der Waals surface area contributed by atoms with E-state index in [1.807, 2.05) is 13.0 Å². The summed E-state index contributed by atoms with van der Waals surface area (Å²) in [6.45, 7) is 4.67. The van der Waals surface area contributed by atoms with Crippen LogP contribution in [0.1, 0.15) is 25.3 Å². The molecule has 1 aliphatic rings. The average Bonchev–Trinajstić information content (AvgIpc) is 2.83. The second-order valence-corrected chi connectivity index (χ2v) is 4.53. The van der Waals surface area contributed by atoms with Gasteiger partial charge in [-0.25, -0.2) is 4.39 Å². The molecule has 76 valence electrons. The monoisotopic (exact) mass is 194 g/mol.